The van der Waals surface area contributed by atoms with Gasteiger partial charge in [-0.15, -0.1) is 0 Å². The number of nitrogens with zero attached hydrogens (tertiary/aromatic N) is 5. The van der Waals surface area contributed by atoms with Crippen molar-refractivity contribution in [1.29, 1.82) is 0 Å². The third-order valence-electron chi connectivity index (χ3n) is 6.74. The van der Waals surface area contributed by atoms with Crippen LogP contribution in [0.3, 0.4) is 0 Å². The maximum Gasteiger partial charge on any atom is 0.254 e. The normalized spacial score (nSPS) is 25.6. The van der Waals surface area contributed by atoms with Gasteiger partial charge in [-0.2, -0.15) is 10.1 Å². The van der Waals surface area contributed by atoms with Crippen LogP contribution in [0.15, 0.2) is 41.1 Å². The number of carbonyl (C=O) groups excluding carboxylic acids is 1. The Balaban J connectivity index is 1.36. The Morgan fingerprint density at radius 2 is 2.10 bits per heavy atom. The predicted octanol–water partition coefficient (Wildman–Crippen LogP) is 2.38. The first-order valence-electron chi connectivity index (χ1n) is 10.8. The number of nitrogens with one attached hydrogen (secondary N) is 1. The van der Waals surface area contributed by atoms with Crippen molar-refractivity contribution in [3.63, 3.8) is 0 Å². The lowest BCUT2D eigenvalue weighted by Gasteiger charge is -2.25. The van der Waals surface area contributed by atoms with Crippen molar-refractivity contribution in [2.45, 2.75) is 44.7 Å². The highest BCUT2D eigenvalue weighted by atomic mass is 16.5. The highest BCUT2D eigenvalue weighted by Crippen LogP contribution is 2.50. The molecule has 0 unspecified atom stereocenters. The average Bonchev–Trinajstić information content (AvgIpc) is 3.46. The Kier molecular flexibility index (Phi) is 4.89. The summed E-state index contributed by atoms with van der Waals surface area (Å²) in [6.07, 6.45) is 3.48. The first kappa shape index (κ1) is 19.9. The summed E-state index contributed by atoms with van der Waals surface area (Å²) in [5.74, 6) is 1.66. The van der Waals surface area contributed by atoms with Gasteiger partial charge in [-0.05, 0) is 38.2 Å². The number of amides is 1. The van der Waals surface area contributed by atoms with Gasteiger partial charge in [-0.25, -0.2) is 0 Å². The second-order valence-corrected chi connectivity index (χ2v) is 9.07. The van der Waals surface area contributed by atoms with E-state index in [0.717, 1.165) is 38.2 Å². The van der Waals surface area contributed by atoms with E-state index in [1.54, 1.807) is 10.9 Å². The molecule has 8 nitrogen and oxygen atoms in total. The summed E-state index contributed by atoms with van der Waals surface area (Å²) >= 11 is 0. The van der Waals surface area contributed by atoms with E-state index in [1.165, 1.54) is 5.56 Å². The topological polar surface area (TPSA) is 89.1 Å². The monoisotopic (exact) mass is 420 g/mol. The minimum Gasteiger partial charge on any atom is -0.349 e. The molecule has 0 bridgehead atoms. The standard InChI is InChI=1S/C23H28N6O2/c1-15-20(13-28(3)26-15)21(30)25-19-9-18-12-29(11-17-7-5-4-6-8-17)14-23(18,10-19)22-24-16(2)27-31-22/h4-8,13,18-19H,9-12,14H2,1-3H3,(H,25,30)/t18-,19+,23-/m0/s1. The second kappa shape index (κ2) is 7.60. The molecule has 2 aromatic heterocycles. The highest BCUT2D eigenvalue weighted by Gasteiger charge is 2.57. The number of fused-ring (bicyclic) bond motifs is 1. The molecule has 1 saturated carbocycles. The summed E-state index contributed by atoms with van der Waals surface area (Å²) in [5.41, 5.74) is 2.46. The lowest BCUT2D eigenvalue weighted by atomic mass is 9.80. The van der Waals surface area contributed by atoms with Crippen molar-refractivity contribution in [3.05, 3.63) is 65.1 Å². The fraction of sp³-hybridized carbons (Fsp3) is 0.478. The molecule has 2 fully saturated rings. The van der Waals surface area contributed by atoms with Gasteiger partial charge in [0.15, 0.2) is 5.82 Å². The maximum absolute atomic E-state index is 12.9. The molecule has 1 aromatic carbocycles. The van der Waals surface area contributed by atoms with Gasteiger partial charge in [0.25, 0.3) is 5.91 Å². The minimum atomic E-state index is -0.224. The fourth-order valence-electron chi connectivity index (χ4n) is 5.46. The molecule has 1 aliphatic carbocycles. The van der Waals surface area contributed by atoms with Gasteiger partial charge in [0.05, 0.1) is 16.7 Å². The fourth-order valence-corrected chi connectivity index (χ4v) is 5.46. The number of rotatable bonds is 5. The van der Waals surface area contributed by atoms with E-state index >= 15 is 0 Å². The summed E-state index contributed by atoms with van der Waals surface area (Å²) in [4.78, 5) is 20.0. The number of likely N-dealkylation sites (tertiary alicyclic amines) is 1. The van der Waals surface area contributed by atoms with Crippen LogP contribution in [-0.2, 0) is 19.0 Å². The number of benzene rings is 1. The van der Waals surface area contributed by atoms with E-state index in [9.17, 15) is 4.79 Å². The summed E-state index contributed by atoms with van der Waals surface area (Å²) in [5, 5.41) is 11.6. The van der Waals surface area contributed by atoms with E-state index in [2.05, 4.69) is 49.7 Å². The Bertz CT molecular complexity index is 1090. The van der Waals surface area contributed by atoms with Gasteiger partial charge in [0, 0.05) is 38.9 Å². The Hall–Kier alpha value is -3.00. The van der Waals surface area contributed by atoms with E-state index in [4.69, 9.17) is 4.52 Å². The molecule has 5 rings (SSSR count). The summed E-state index contributed by atoms with van der Waals surface area (Å²) in [7, 11) is 1.83. The van der Waals surface area contributed by atoms with E-state index in [-0.39, 0.29) is 17.4 Å². The third-order valence-corrected chi connectivity index (χ3v) is 6.74. The van der Waals surface area contributed by atoms with Crippen molar-refractivity contribution in [2.24, 2.45) is 13.0 Å². The molecule has 0 radical (unpaired) electrons. The van der Waals surface area contributed by atoms with Crippen LogP contribution in [0, 0.1) is 19.8 Å². The molecule has 2 aliphatic rings. The summed E-state index contributed by atoms with van der Waals surface area (Å²) < 4.78 is 7.38. The number of carbonyl (C=O) groups is 1. The number of hydrogen-bond acceptors (Lipinski definition) is 6. The van der Waals surface area contributed by atoms with Gasteiger partial charge in [-0.1, -0.05) is 35.5 Å². The summed E-state index contributed by atoms with van der Waals surface area (Å²) in [6.45, 7) is 6.43. The van der Waals surface area contributed by atoms with Gasteiger partial charge < -0.3 is 9.84 Å². The predicted molar refractivity (Wildman–Crippen MR) is 114 cm³/mol. The largest absolute Gasteiger partial charge is 0.349 e. The first-order chi connectivity index (χ1) is 14.9. The zero-order valence-electron chi connectivity index (χ0n) is 18.2. The number of aromatic nitrogens is 4. The van der Waals surface area contributed by atoms with Crippen LogP contribution in [0.25, 0.3) is 0 Å². The number of hydrogen-bond donors (Lipinski definition) is 1. The quantitative estimate of drug-likeness (QED) is 0.682. The SMILES string of the molecule is Cc1noc([C@]23C[C@H](NC(=O)c4cn(C)nc4C)C[C@H]2CN(Cc2ccccc2)C3)n1. The lowest BCUT2D eigenvalue weighted by molar-refractivity contribution is 0.0933. The van der Waals surface area contributed by atoms with E-state index < -0.39 is 0 Å². The summed E-state index contributed by atoms with van der Waals surface area (Å²) in [6, 6.07) is 10.6. The highest BCUT2D eigenvalue weighted by molar-refractivity contribution is 5.95. The second-order valence-electron chi connectivity index (χ2n) is 9.07. The zero-order valence-corrected chi connectivity index (χ0v) is 18.2. The molecule has 31 heavy (non-hydrogen) atoms. The van der Waals surface area contributed by atoms with Crippen LogP contribution in [0.4, 0.5) is 0 Å². The van der Waals surface area contributed by atoms with Crippen molar-refractivity contribution in [3.8, 4) is 0 Å². The minimum absolute atomic E-state index is 0.0615. The molecule has 1 saturated heterocycles. The van der Waals surface area contributed by atoms with E-state index in [1.807, 2.05) is 27.0 Å². The van der Waals surface area contributed by atoms with Crippen LogP contribution in [-0.4, -0.2) is 49.9 Å². The number of aryl methyl sites for hydroxylation is 3. The zero-order chi connectivity index (χ0) is 21.6. The van der Waals surface area contributed by atoms with Crippen molar-refractivity contribution >= 4 is 5.91 Å². The Morgan fingerprint density at radius 3 is 2.77 bits per heavy atom. The van der Waals surface area contributed by atoms with Crippen LogP contribution in [0.5, 0.6) is 0 Å². The molecule has 0 spiro atoms. The molecule has 1 N–H and O–H groups in total. The third kappa shape index (κ3) is 3.65. The van der Waals surface area contributed by atoms with Gasteiger partial charge >= 0.3 is 0 Å². The maximum atomic E-state index is 12.9. The molecule has 1 aliphatic heterocycles. The van der Waals surface area contributed by atoms with Gasteiger partial charge in [-0.3, -0.25) is 14.4 Å². The molecule has 3 atom stereocenters. The van der Waals surface area contributed by atoms with Crippen molar-refractivity contribution in [2.75, 3.05) is 13.1 Å². The molecule has 3 aromatic rings. The van der Waals surface area contributed by atoms with Gasteiger partial charge in [0.1, 0.15) is 0 Å². The molecule has 8 heteroatoms. The molecule has 1 amide bonds. The first-order valence-corrected chi connectivity index (χ1v) is 10.8. The molecule has 3 heterocycles. The lowest BCUT2D eigenvalue weighted by Crippen LogP contribution is -2.38. The van der Waals surface area contributed by atoms with Crippen LogP contribution in [0.2, 0.25) is 0 Å². The van der Waals surface area contributed by atoms with Crippen LogP contribution >= 0.6 is 0 Å². The van der Waals surface area contributed by atoms with E-state index in [0.29, 0.717) is 23.2 Å². The molecular weight excluding hydrogens is 392 g/mol. The van der Waals surface area contributed by atoms with Crippen molar-refractivity contribution in [1.82, 2.24) is 30.1 Å². The van der Waals surface area contributed by atoms with Gasteiger partial charge in [0.2, 0.25) is 5.89 Å². The molecule has 162 valence electrons. The Labute approximate surface area is 181 Å². The average molecular weight is 421 g/mol. The molecular formula is C23H28N6O2. The van der Waals surface area contributed by atoms with Crippen molar-refractivity contribution < 1.29 is 9.32 Å². The smallest absolute Gasteiger partial charge is 0.254 e. The van der Waals surface area contributed by atoms with Crippen LogP contribution < -0.4 is 5.32 Å². The Morgan fingerprint density at radius 1 is 1.29 bits per heavy atom. The van der Waals surface area contributed by atoms with Crippen LogP contribution in [0.1, 0.15) is 46.2 Å².